The first-order valence-corrected chi connectivity index (χ1v) is 6.99. The Kier molecular flexibility index (Phi) is 4.05. The molecular formula is C16H23NO. The van der Waals surface area contributed by atoms with E-state index >= 15 is 0 Å². The standard InChI is InChI=1S/C16H23NO/c1-13(2)12-15(18)17-16(10-6-7-11-16)14-8-4-3-5-9-14/h3-5,8-9,13H,6-7,10-12H2,1-2H3,(H,17,18). The van der Waals surface area contributed by atoms with E-state index in [0.29, 0.717) is 12.3 Å². The lowest BCUT2D eigenvalue weighted by Gasteiger charge is -2.31. The summed E-state index contributed by atoms with van der Waals surface area (Å²) in [6.45, 7) is 4.17. The van der Waals surface area contributed by atoms with Crippen molar-refractivity contribution in [3.8, 4) is 0 Å². The molecule has 1 N–H and O–H groups in total. The molecule has 0 aromatic heterocycles. The molecule has 2 heteroatoms. The fraction of sp³-hybridized carbons (Fsp3) is 0.562. The summed E-state index contributed by atoms with van der Waals surface area (Å²) >= 11 is 0. The Morgan fingerprint density at radius 3 is 2.39 bits per heavy atom. The minimum atomic E-state index is -0.104. The molecule has 0 bridgehead atoms. The maximum absolute atomic E-state index is 12.1. The van der Waals surface area contributed by atoms with Crippen molar-refractivity contribution in [3.63, 3.8) is 0 Å². The van der Waals surface area contributed by atoms with E-state index in [4.69, 9.17) is 0 Å². The molecule has 0 atom stereocenters. The molecule has 98 valence electrons. The second-order valence-corrected chi connectivity index (χ2v) is 5.80. The number of rotatable bonds is 4. The second kappa shape index (κ2) is 5.55. The molecule has 1 fully saturated rings. The molecule has 0 saturated heterocycles. The Hall–Kier alpha value is -1.31. The van der Waals surface area contributed by atoms with E-state index in [-0.39, 0.29) is 11.4 Å². The number of carbonyl (C=O) groups is 1. The van der Waals surface area contributed by atoms with Gasteiger partial charge in [-0.25, -0.2) is 0 Å². The normalized spacial score (nSPS) is 17.9. The maximum Gasteiger partial charge on any atom is 0.220 e. The number of amides is 1. The van der Waals surface area contributed by atoms with Gasteiger partial charge in [-0.15, -0.1) is 0 Å². The van der Waals surface area contributed by atoms with Crippen molar-refractivity contribution in [2.24, 2.45) is 5.92 Å². The number of benzene rings is 1. The van der Waals surface area contributed by atoms with E-state index < -0.39 is 0 Å². The predicted molar refractivity (Wildman–Crippen MR) is 74.2 cm³/mol. The van der Waals surface area contributed by atoms with Crippen LogP contribution in [0.5, 0.6) is 0 Å². The monoisotopic (exact) mass is 245 g/mol. The number of hydrogen-bond acceptors (Lipinski definition) is 1. The Morgan fingerprint density at radius 1 is 1.22 bits per heavy atom. The minimum absolute atomic E-state index is 0.104. The maximum atomic E-state index is 12.1. The second-order valence-electron chi connectivity index (χ2n) is 5.80. The third kappa shape index (κ3) is 2.92. The molecule has 1 aromatic carbocycles. The van der Waals surface area contributed by atoms with Gasteiger partial charge in [0.05, 0.1) is 5.54 Å². The highest BCUT2D eigenvalue weighted by Crippen LogP contribution is 2.38. The molecule has 0 unspecified atom stereocenters. The number of carbonyl (C=O) groups excluding carboxylic acids is 1. The van der Waals surface area contributed by atoms with E-state index in [1.54, 1.807) is 0 Å². The summed E-state index contributed by atoms with van der Waals surface area (Å²) in [5, 5.41) is 3.30. The Morgan fingerprint density at radius 2 is 1.83 bits per heavy atom. The predicted octanol–water partition coefficient (Wildman–Crippen LogP) is 3.62. The summed E-state index contributed by atoms with van der Waals surface area (Å²) in [7, 11) is 0. The highest BCUT2D eigenvalue weighted by Gasteiger charge is 2.36. The molecule has 2 nitrogen and oxygen atoms in total. The first kappa shape index (κ1) is 13.1. The van der Waals surface area contributed by atoms with Gasteiger partial charge >= 0.3 is 0 Å². The van der Waals surface area contributed by atoms with Crippen molar-refractivity contribution in [3.05, 3.63) is 35.9 Å². The lowest BCUT2D eigenvalue weighted by Crippen LogP contribution is -2.44. The Labute approximate surface area is 110 Å². The molecule has 0 radical (unpaired) electrons. The van der Waals surface area contributed by atoms with Crippen LogP contribution in [0.4, 0.5) is 0 Å². The van der Waals surface area contributed by atoms with Crippen molar-refractivity contribution >= 4 is 5.91 Å². The number of nitrogens with one attached hydrogen (secondary N) is 1. The zero-order chi connectivity index (χ0) is 13.0. The summed E-state index contributed by atoms with van der Waals surface area (Å²) in [6.07, 6.45) is 5.17. The van der Waals surface area contributed by atoms with Crippen LogP contribution in [-0.2, 0) is 10.3 Å². The van der Waals surface area contributed by atoms with Gasteiger partial charge < -0.3 is 5.32 Å². The van der Waals surface area contributed by atoms with E-state index in [2.05, 4.69) is 43.4 Å². The van der Waals surface area contributed by atoms with Crippen molar-refractivity contribution in [1.29, 1.82) is 0 Å². The van der Waals surface area contributed by atoms with Crippen molar-refractivity contribution in [2.75, 3.05) is 0 Å². The molecule has 0 heterocycles. The van der Waals surface area contributed by atoms with Crippen molar-refractivity contribution in [1.82, 2.24) is 5.32 Å². The van der Waals surface area contributed by atoms with E-state index in [1.807, 2.05) is 6.07 Å². The molecule has 0 aliphatic heterocycles. The topological polar surface area (TPSA) is 29.1 Å². The number of hydrogen-bond donors (Lipinski definition) is 1. The lowest BCUT2D eigenvalue weighted by molar-refractivity contribution is -0.123. The van der Waals surface area contributed by atoms with Crippen LogP contribution in [0.3, 0.4) is 0 Å². The quantitative estimate of drug-likeness (QED) is 0.862. The molecule has 2 rings (SSSR count). The third-order valence-electron chi connectivity index (χ3n) is 3.76. The van der Waals surface area contributed by atoms with Crippen LogP contribution in [0.15, 0.2) is 30.3 Å². The van der Waals surface area contributed by atoms with Crippen LogP contribution >= 0.6 is 0 Å². The zero-order valence-corrected chi connectivity index (χ0v) is 11.4. The largest absolute Gasteiger partial charge is 0.347 e. The van der Waals surface area contributed by atoms with Gasteiger partial charge in [0, 0.05) is 6.42 Å². The molecule has 1 saturated carbocycles. The molecule has 1 aromatic rings. The summed E-state index contributed by atoms with van der Waals surface area (Å²) in [5.74, 6) is 0.606. The zero-order valence-electron chi connectivity index (χ0n) is 11.4. The summed E-state index contributed by atoms with van der Waals surface area (Å²) in [4.78, 5) is 12.1. The highest BCUT2D eigenvalue weighted by atomic mass is 16.1. The average molecular weight is 245 g/mol. The molecule has 1 aliphatic carbocycles. The first-order chi connectivity index (χ1) is 8.62. The van der Waals surface area contributed by atoms with Gasteiger partial charge in [0.2, 0.25) is 5.91 Å². The van der Waals surface area contributed by atoms with Crippen LogP contribution in [0.25, 0.3) is 0 Å². The Balaban J connectivity index is 2.15. The van der Waals surface area contributed by atoms with Gasteiger partial charge in [-0.2, -0.15) is 0 Å². The fourth-order valence-corrected chi connectivity index (χ4v) is 2.91. The van der Waals surface area contributed by atoms with Gasteiger partial charge in [-0.1, -0.05) is 57.0 Å². The third-order valence-corrected chi connectivity index (χ3v) is 3.76. The van der Waals surface area contributed by atoms with Gasteiger partial charge in [-0.05, 0) is 24.3 Å². The van der Waals surface area contributed by atoms with Gasteiger partial charge in [0.1, 0.15) is 0 Å². The molecule has 1 amide bonds. The molecule has 1 aliphatic rings. The van der Waals surface area contributed by atoms with Crippen LogP contribution < -0.4 is 5.32 Å². The first-order valence-electron chi connectivity index (χ1n) is 6.99. The van der Waals surface area contributed by atoms with Crippen LogP contribution in [0.1, 0.15) is 51.5 Å². The summed E-state index contributed by atoms with van der Waals surface area (Å²) in [6, 6.07) is 10.4. The Bertz CT molecular complexity index is 391. The van der Waals surface area contributed by atoms with E-state index in [1.165, 1.54) is 18.4 Å². The lowest BCUT2D eigenvalue weighted by atomic mass is 9.87. The van der Waals surface area contributed by atoms with Crippen LogP contribution in [0.2, 0.25) is 0 Å². The van der Waals surface area contributed by atoms with Crippen LogP contribution in [-0.4, -0.2) is 5.91 Å². The van der Waals surface area contributed by atoms with E-state index in [9.17, 15) is 4.79 Å². The van der Waals surface area contributed by atoms with E-state index in [0.717, 1.165) is 12.8 Å². The smallest absolute Gasteiger partial charge is 0.220 e. The van der Waals surface area contributed by atoms with Crippen molar-refractivity contribution in [2.45, 2.75) is 51.5 Å². The summed E-state index contributed by atoms with van der Waals surface area (Å²) < 4.78 is 0. The molecule has 18 heavy (non-hydrogen) atoms. The SMILES string of the molecule is CC(C)CC(=O)NC1(c2ccccc2)CCCC1. The van der Waals surface area contributed by atoms with Gasteiger partial charge in [-0.3, -0.25) is 4.79 Å². The fourth-order valence-electron chi connectivity index (χ4n) is 2.91. The van der Waals surface area contributed by atoms with Gasteiger partial charge in [0.15, 0.2) is 0 Å². The van der Waals surface area contributed by atoms with Crippen molar-refractivity contribution < 1.29 is 4.79 Å². The minimum Gasteiger partial charge on any atom is -0.347 e. The summed E-state index contributed by atoms with van der Waals surface area (Å²) in [5.41, 5.74) is 1.16. The highest BCUT2D eigenvalue weighted by molar-refractivity contribution is 5.77. The molecular weight excluding hydrogens is 222 g/mol. The van der Waals surface area contributed by atoms with Crippen LogP contribution in [0, 0.1) is 5.92 Å². The van der Waals surface area contributed by atoms with Gasteiger partial charge in [0.25, 0.3) is 0 Å². The average Bonchev–Trinajstić information content (AvgIpc) is 2.79. The molecule has 0 spiro atoms.